The number of carbonyl (C=O) groups excluding carboxylic acids is 1. The van der Waals surface area contributed by atoms with Crippen LogP contribution in [0.3, 0.4) is 0 Å². The van der Waals surface area contributed by atoms with Crippen molar-refractivity contribution in [2.24, 2.45) is 11.8 Å². The SMILES string of the molecule is Cc1cc(C)cc(CNC(=O)[C@H]2CNC[C@@H](CN3CCN(C)CC3)C2)c1. The van der Waals surface area contributed by atoms with Crippen molar-refractivity contribution in [3.63, 3.8) is 0 Å². The van der Waals surface area contributed by atoms with E-state index in [1.807, 2.05) is 0 Å². The summed E-state index contributed by atoms with van der Waals surface area (Å²) in [5.74, 6) is 0.857. The minimum absolute atomic E-state index is 0.0899. The number of amides is 1. The van der Waals surface area contributed by atoms with Gasteiger partial charge in [-0.1, -0.05) is 29.3 Å². The number of aryl methyl sites for hydroxylation is 2. The second-order valence-electron chi connectivity index (χ2n) is 8.27. The number of piperazine rings is 1. The number of hydrogen-bond acceptors (Lipinski definition) is 4. The van der Waals surface area contributed by atoms with E-state index in [1.54, 1.807) is 0 Å². The highest BCUT2D eigenvalue weighted by Crippen LogP contribution is 2.19. The van der Waals surface area contributed by atoms with Gasteiger partial charge in [-0.15, -0.1) is 0 Å². The molecule has 0 unspecified atom stereocenters. The molecule has 0 radical (unpaired) electrons. The first-order chi connectivity index (χ1) is 12.5. The Morgan fingerprint density at radius 1 is 1.12 bits per heavy atom. The number of likely N-dealkylation sites (N-methyl/N-ethyl adjacent to an activating group) is 1. The van der Waals surface area contributed by atoms with E-state index in [0.29, 0.717) is 12.5 Å². The Bertz CT molecular complexity index is 590. The first kappa shape index (κ1) is 19.3. The van der Waals surface area contributed by atoms with Crippen LogP contribution >= 0.6 is 0 Å². The predicted molar refractivity (Wildman–Crippen MR) is 106 cm³/mol. The minimum atomic E-state index is 0.0899. The van der Waals surface area contributed by atoms with Crippen LogP contribution in [0.4, 0.5) is 0 Å². The van der Waals surface area contributed by atoms with E-state index in [1.165, 1.54) is 16.7 Å². The van der Waals surface area contributed by atoms with E-state index in [2.05, 4.69) is 59.5 Å². The maximum atomic E-state index is 12.7. The van der Waals surface area contributed by atoms with E-state index in [0.717, 1.165) is 52.2 Å². The van der Waals surface area contributed by atoms with Gasteiger partial charge < -0.3 is 20.4 Å². The summed E-state index contributed by atoms with van der Waals surface area (Å²) in [5, 5.41) is 6.64. The lowest BCUT2D eigenvalue weighted by Gasteiger charge is -2.37. The largest absolute Gasteiger partial charge is 0.352 e. The quantitative estimate of drug-likeness (QED) is 0.835. The van der Waals surface area contributed by atoms with E-state index in [9.17, 15) is 4.79 Å². The molecule has 5 heteroatoms. The van der Waals surface area contributed by atoms with E-state index >= 15 is 0 Å². The molecule has 0 bridgehead atoms. The van der Waals surface area contributed by atoms with Crippen LogP contribution in [0.25, 0.3) is 0 Å². The van der Waals surface area contributed by atoms with E-state index in [-0.39, 0.29) is 11.8 Å². The lowest BCUT2D eigenvalue weighted by Crippen LogP contribution is -2.50. The van der Waals surface area contributed by atoms with Crippen LogP contribution in [0.1, 0.15) is 23.1 Å². The highest BCUT2D eigenvalue weighted by molar-refractivity contribution is 5.79. The third-order valence-electron chi connectivity index (χ3n) is 5.67. The number of nitrogens with zero attached hydrogens (tertiary/aromatic N) is 2. The Balaban J connectivity index is 1.46. The molecule has 144 valence electrons. The van der Waals surface area contributed by atoms with E-state index in [4.69, 9.17) is 0 Å². The number of hydrogen-bond donors (Lipinski definition) is 2. The van der Waals surface area contributed by atoms with Gasteiger partial charge in [0, 0.05) is 45.8 Å². The lowest BCUT2D eigenvalue weighted by atomic mass is 9.89. The molecular weight excluding hydrogens is 324 g/mol. The highest BCUT2D eigenvalue weighted by Gasteiger charge is 2.28. The third-order valence-corrected chi connectivity index (χ3v) is 5.67. The molecule has 2 atom stereocenters. The summed E-state index contributed by atoms with van der Waals surface area (Å²) in [5.41, 5.74) is 3.69. The Kier molecular flexibility index (Phi) is 6.68. The van der Waals surface area contributed by atoms with Crippen molar-refractivity contribution >= 4 is 5.91 Å². The first-order valence-electron chi connectivity index (χ1n) is 9.96. The summed E-state index contributed by atoms with van der Waals surface area (Å²) in [4.78, 5) is 17.6. The van der Waals surface area contributed by atoms with Gasteiger partial charge >= 0.3 is 0 Å². The molecule has 0 aliphatic carbocycles. The van der Waals surface area contributed by atoms with Crippen molar-refractivity contribution in [2.75, 3.05) is 52.9 Å². The molecule has 1 aromatic rings. The van der Waals surface area contributed by atoms with Crippen LogP contribution in [0, 0.1) is 25.7 Å². The molecule has 2 N–H and O–H groups in total. The van der Waals surface area contributed by atoms with Gasteiger partial charge in [0.25, 0.3) is 0 Å². The molecule has 5 nitrogen and oxygen atoms in total. The Morgan fingerprint density at radius 2 is 1.81 bits per heavy atom. The van der Waals surface area contributed by atoms with Crippen molar-refractivity contribution in [1.82, 2.24) is 20.4 Å². The van der Waals surface area contributed by atoms with Crippen LogP contribution in [0.15, 0.2) is 18.2 Å². The second-order valence-corrected chi connectivity index (χ2v) is 8.27. The Labute approximate surface area is 158 Å². The fourth-order valence-corrected chi connectivity index (χ4v) is 4.27. The van der Waals surface area contributed by atoms with Crippen molar-refractivity contribution in [3.8, 4) is 0 Å². The van der Waals surface area contributed by atoms with Gasteiger partial charge in [-0.3, -0.25) is 4.79 Å². The maximum Gasteiger partial charge on any atom is 0.224 e. The van der Waals surface area contributed by atoms with Crippen LogP contribution in [-0.2, 0) is 11.3 Å². The molecule has 2 aliphatic heterocycles. The van der Waals surface area contributed by atoms with Crippen LogP contribution < -0.4 is 10.6 Å². The summed E-state index contributed by atoms with van der Waals surface area (Å²) in [6, 6.07) is 6.48. The summed E-state index contributed by atoms with van der Waals surface area (Å²) >= 11 is 0. The van der Waals surface area contributed by atoms with Crippen LogP contribution in [0.5, 0.6) is 0 Å². The Morgan fingerprint density at radius 3 is 2.50 bits per heavy atom. The normalized spacial score (nSPS) is 25.2. The fourth-order valence-electron chi connectivity index (χ4n) is 4.27. The number of carbonyl (C=O) groups is 1. The average Bonchev–Trinajstić information content (AvgIpc) is 2.61. The van der Waals surface area contributed by atoms with Crippen molar-refractivity contribution in [1.29, 1.82) is 0 Å². The fraction of sp³-hybridized carbons (Fsp3) is 0.667. The molecule has 0 spiro atoms. The molecule has 2 heterocycles. The smallest absolute Gasteiger partial charge is 0.224 e. The summed E-state index contributed by atoms with van der Waals surface area (Å²) in [7, 11) is 2.19. The van der Waals surface area contributed by atoms with Gasteiger partial charge in [0.05, 0.1) is 5.92 Å². The average molecular weight is 359 g/mol. The minimum Gasteiger partial charge on any atom is -0.352 e. The molecule has 26 heavy (non-hydrogen) atoms. The first-order valence-corrected chi connectivity index (χ1v) is 9.96. The zero-order valence-corrected chi connectivity index (χ0v) is 16.6. The lowest BCUT2D eigenvalue weighted by molar-refractivity contribution is -0.126. The van der Waals surface area contributed by atoms with Gasteiger partial charge in [-0.2, -0.15) is 0 Å². The monoisotopic (exact) mass is 358 g/mol. The highest BCUT2D eigenvalue weighted by atomic mass is 16.1. The van der Waals surface area contributed by atoms with Gasteiger partial charge in [0.15, 0.2) is 0 Å². The summed E-state index contributed by atoms with van der Waals surface area (Å²) in [6.07, 6.45) is 0.998. The standard InChI is InChI=1S/C21H34N4O/c1-16-8-17(2)10-18(9-16)13-23-21(26)20-11-19(12-22-14-20)15-25-6-4-24(3)5-7-25/h8-10,19-20,22H,4-7,11-15H2,1-3H3,(H,23,26)/t19-,20+/m0/s1. The number of benzene rings is 1. The predicted octanol–water partition coefficient (Wildman–Crippen LogP) is 1.39. The molecular formula is C21H34N4O. The third kappa shape index (κ3) is 5.53. The molecule has 0 saturated carbocycles. The van der Waals surface area contributed by atoms with Gasteiger partial charge in [-0.25, -0.2) is 0 Å². The molecule has 3 rings (SSSR count). The molecule has 1 amide bonds. The van der Waals surface area contributed by atoms with Crippen molar-refractivity contribution < 1.29 is 4.79 Å². The van der Waals surface area contributed by atoms with Crippen LogP contribution in [0.2, 0.25) is 0 Å². The summed E-state index contributed by atoms with van der Waals surface area (Å²) < 4.78 is 0. The topological polar surface area (TPSA) is 47.6 Å². The zero-order chi connectivity index (χ0) is 18.5. The summed E-state index contributed by atoms with van der Waals surface area (Å²) in [6.45, 7) is 12.4. The van der Waals surface area contributed by atoms with Crippen molar-refractivity contribution in [3.05, 3.63) is 34.9 Å². The molecule has 2 aliphatic rings. The number of nitrogens with one attached hydrogen (secondary N) is 2. The molecule has 0 aromatic heterocycles. The van der Waals surface area contributed by atoms with E-state index < -0.39 is 0 Å². The van der Waals surface area contributed by atoms with Gasteiger partial charge in [0.2, 0.25) is 5.91 Å². The molecule has 1 aromatic carbocycles. The number of rotatable bonds is 5. The maximum absolute atomic E-state index is 12.7. The number of piperidine rings is 1. The Hall–Kier alpha value is -1.43. The second kappa shape index (κ2) is 8.98. The van der Waals surface area contributed by atoms with Gasteiger partial charge in [-0.05, 0) is 45.3 Å². The van der Waals surface area contributed by atoms with Crippen molar-refractivity contribution in [2.45, 2.75) is 26.8 Å². The molecule has 2 saturated heterocycles. The molecule has 2 fully saturated rings. The van der Waals surface area contributed by atoms with Crippen LogP contribution in [-0.4, -0.2) is 68.6 Å². The van der Waals surface area contributed by atoms with Gasteiger partial charge in [0.1, 0.15) is 0 Å². The zero-order valence-electron chi connectivity index (χ0n) is 16.6.